The molecule has 0 amide bonds. The molecule has 9 heteroatoms. The number of halogens is 1. The third-order valence-corrected chi connectivity index (χ3v) is 6.46. The highest BCUT2D eigenvalue weighted by atomic mass is 35.5. The molecule has 1 fully saturated rings. The van der Waals surface area contributed by atoms with E-state index in [-0.39, 0.29) is 6.04 Å². The van der Waals surface area contributed by atoms with E-state index < -0.39 is 10.0 Å². The molecule has 0 aliphatic heterocycles. The van der Waals surface area contributed by atoms with E-state index in [0.717, 1.165) is 36.6 Å². The van der Waals surface area contributed by atoms with Gasteiger partial charge < -0.3 is 14.8 Å². The molecule has 1 heterocycles. The standard InChI is InChI=1S/C20H28ClN5O2S/c1-4-22-20(26(3)14-18-11-16(21)13-25(18)2)23-12-15-5-9-19(10-6-15)29(27,28)24-17-7-8-17/h5-6,9-11,13,17,24H,4,7-8,12,14H2,1-3H3,(H,22,23). The third-order valence-electron chi connectivity index (χ3n) is 4.71. The number of aliphatic imine (C=N–C) groups is 1. The van der Waals surface area contributed by atoms with Gasteiger partial charge in [0.2, 0.25) is 10.0 Å². The minimum Gasteiger partial charge on any atom is -0.357 e. The Morgan fingerprint density at radius 3 is 2.55 bits per heavy atom. The van der Waals surface area contributed by atoms with Crippen molar-refractivity contribution in [2.45, 2.75) is 43.8 Å². The van der Waals surface area contributed by atoms with Crippen LogP contribution >= 0.6 is 11.6 Å². The monoisotopic (exact) mass is 437 g/mol. The number of hydrogen-bond donors (Lipinski definition) is 2. The average molecular weight is 438 g/mol. The fourth-order valence-corrected chi connectivity index (χ4v) is 4.52. The lowest BCUT2D eigenvalue weighted by atomic mass is 10.2. The largest absolute Gasteiger partial charge is 0.357 e. The Morgan fingerprint density at radius 2 is 2.00 bits per heavy atom. The molecular formula is C20H28ClN5O2S. The van der Waals surface area contributed by atoms with Crippen molar-refractivity contribution in [2.75, 3.05) is 13.6 Å². The zero-order valence-electron chi connectivity index (χ0n) is 17.0. The highest BCUT2D eigenvalue weighted by Gasteiger charge is 2.27. The minimum absolute atomic E-state index is 0.0987. The Morgan fingerprint density at radius 1 is 1.31 bits per heavy atom. The SMILES string of the molecule is CCNC(=NCc1ccc(S(=O)(=O)NC2CC2)cc1)N(C)Cc1cc(Cl)cn1C. The molecule has 158 valence electrons. The molecule has 2 aromatic rings. The van der Waals surface area contributed by atoms with Crippen LogP contribution in [-0.4, -0.2) is 43.5 Å². The van der Waals surface area contributed by atoms with Gasteiger partial charge in [-0.15, -0.1) is 0 Å². The second-order valence-corrected chi connectivity index (χ2v) is 9.48. The summed E-state index contributed by atoms with van der Waals surface area (Å²) in [5.74, 6) is 0.775. The molecule has 3 rings (SSSR count). The maximum Gasteiger partial charge on any atom is 0.240 e. The predicted octanol–water partition coefficient (Wildman–Crippen LogP) is 2.72. The van der Waals surface area contributed by atoms with Gasteiger partial charge in [0.1, 0.15) is 0 Å². The van der Waals surface area contributed by atoms with Crippen molar-refractivity contribution in [3.05, 3.63) is 52.8 Å². The molecule has 1 aliphatic carbocycles. The minimum atomic E-state index is -3.42. The van der Waals surface area contributed by atoms with Gasteiger partial charge in [-0.1, -0.05) is 23.7 Å². The molecule has 1 saturated carbocycles. The van der Waals surface area contributed by atoms with Gasteiger partial charge in [0.15, 0.2) is 5.96 Å². The third kappa shape index (κ3) is 5.98. The lowest BCUT2D eigenvalue weighted by molar-refractivity contribution is 0.462. The van der Waals surface area contributed by atoms with Crippen LogP contribution in [0, 0.1) is 0 Å². The van der Waals surface area contributed by atoms with Crippen molar-refractivity contribution >= 4 is 27.6 Å². The first kappa shape index (κ1) is 21.7. The smallest absolute Gasteiger partial charge is 0.240 e. The first-order valence-electron chi connectivity index (χ1n) is 9.70. The van der Waals surface area contributed by atoms with Crippen LogP contribution in [-0.2, 0) is 30.2 Å². The fraction of sp³-hybridized carbons (Fsp3) is 0.450. The Bertz CT molecular complexity index is 965. The summed E-state index contributed by atoms with van der Waals surface area (Å²) in [5.41, 5.74) is 2.03. The van der Waals surface area contributed by atoms with Crippen LogP contribution in [0.4, 0.5) is 0 Å². The maximum atomic E-state index is 12.3. The highest BCUT2D eigenvalue weighted by Crippen LogP contribution is 2.22. The summed E-state index contributed by atoms with van der Waals surface area (Å²) < 4.78 is 29.2. The molecule has 1 aliphatic rings. The van der Waals surface area contributed by atoms with Gasteiger partial charge in [-0.25, -0.2) is 18.1 Å². The van der Waals surface area contributed by atoms with Crippen LogP contribution in [0.2, 0.25) is 5.02 Å². The van der Waals surface area contributed by atoms with E-state index in [9.17, 15) is 8.42 Å². The molecule has 0 spiro atoms. The van der Waals surface area contributed by atoms with E-state index in [0.29, 0.717) is 23.0 Å². The number of nitrogens with one attached hydrogen (secondary N) is 2. The van der Waals surface area contributed by atoms with Crippen LogP contribution in [0.15, 0.2) is 46.4 Å². The predicted molar refractivity (Wildman–Crippen MR) is 116 cm³/mol. The highest BCUT2D eigenvalue weighted by molar-refractivity contribution is 7.89. The van der Waals surface area contributed by atoms with E-state index in [1.54, 1.807) is 12.1 Å². The number of benzene rings is 1. The number of aromatic nitrogens is 1. The van der Waals surface area contributed by atoms with E-state index in [1.807, 2.05) is 54.9 Å². The van der Waals surface area contributed by atoms with E-state index in [4.69, 9.17) is 16.6 Å². The van der Waals surface area contributed by atoms with Crippen LogP contribution in [0.1, 0.15) is 31.0 Å². The molecular weight excluding hydrogens is 410 g/mol. The van der Waals surface area contributed by atoms with Gasteiger partial charge in [0, 0.05) is 38.6 Å². The van der Waals surface area contributed by atoms with Crippen molar-refractivity contribution < 1.29 is 8.42 Å². The molecule has 1 aromatic heterocycles. The Kier molecular flexibility index (Phi) is 6.87. The molecule has 7 nitrogen and oxygen atoms in total. The van der Waals surface area contributed by atoms with Gasteiger partial charge in [-0.05, 0) is 43.5 Å². The molecule has 0 radical (unpaired) electrons. The molecule has 2 N–H and O–H groups in total. The van der Waals surface area contributed by atoms with Gasteiger partial charge >= 0.3 is 0 Å². The lowest BCUT2D eigenvalue weighted by Gasteiger charge is -2.22. The first-order chi connectivity index (χ1) is 13.8. The summed E-state index contributed by atoms with van der Waals surface area (Å²) in [5, 5.41) is 4.00. The number of hydrogen-bond acceptors (Lipinski definition) is 3. The van der Waals surface area contributed by atoms with Crippen molar-refractivity contribution in [2.24, 2.45) is 12.0 Å². The summed E-state index contributed by atoms with van der Waals surface area (Å²) in [6, 6.07) is 8.94. The summed E-state index contributed by atoms with van der Waals surface area (Å²) in [7, 11) is 0.516. The van der Waals surface area contributed by atoms with Crippen molar-refractivity contribution in [1.29, 1.82) is 0 Å². The van der Waals surface area contributed by atoms with Crippen LogP contribution in [0.25, 0.3) is 0 Å². The molecule has 0 bridgehead atoms. The van der Waals surface area contributed by atoms with Gasteiger partial charge in [-0.2, -0.15) is 0 Å². The second-order valence-electron chi connectivity index (χ2n) is 7.33. The summed E-state index contributed by atoms with van der Waals surface area (Å²) in [6.07, 6.45) is 3.71. The fourth-order valence-electron chi connectivity index (χ4n) is 2.94. The lowest BCUT2D eigenvalue weighted by Crippen LogP contribution is -2.38. The molecule has 1 aromatic carbocycles. The topological polar surface area (TPSA) is 78.7 Å². The van der Waals surface area contributed by atoms with Gasteiger partial charge in [-0.3, -0.25) is 0 Å². The van der Waals surface area contributed by atoms with E-state index in [1.165, 1.54) is 0 Å². The zero-order valence-corrected chi connectivity index (χ0v) is 18.6. The number of aryl methyl sites for hydroxylation is 1. The molecule has 0 atom stereocenters. The van der Waals surface area contributed by atoms with E-state index in [2.05, 4.69) is 10.0 Å². The normalized spacial score (nSPS) is 14.8. The number of rotatable bonds is 8. The quantitative estimate of drug-likeness (QED) is 0.491. The summed E-state index contributed by atoms with van der Waals surface area (Å²) >= 11 is 6.07. The average Bonchev–Trinajstić information content (AvgIpc) is 3.41. The maximum absolute atomic E-state index is 12.3. The van der Waals surface area contributed by atoms with E-state index >= 15 is 0 Å². The molecule has 0 unspecified atom stereocenters. The van der Waals surface area contributed by atoms with Gasteiger partial charge in [0.25, 0.3) is 0 Å². The van der Waals surface area contributed by atoms with Crippen molar-refractivity contribution in [1.82, 2.24) is 19.5 Å². The van der Waals surface area contributed by atoms with Crippen molar-refractivity contribution in [3.8, 4) is 0 Å². The van der Waals surface area contributed by atoms with Crippen LogP contribution < -0.4 is 10.0 Å². The summed E-state index contributed by atoms with van der Waals surface area (Å²) in [6.45, 7) is 3.90. The first-order valence-corrected chi connectivity index (χ1v) is 11.6. The Labute approximate surface area is 177 Å². The molecule has 0 saturated heterocycles. The van der Waals surface area contributed by atoms with Crippen molar-refractivity contribution in [3.63, 3.8) is 0 Å². The Hall–Kier alpha value is -2.03. The zero-order chi connectivity index (χ0) is 21.0. The van der Waals surface area contributed by atoms with Crippen LogP contribution in [0.5, 0.6) is 0 Å². The Balaban J connectivity index is 1.66. The van der Waals surface area contributed by atoms with Gasteiger partial charge in [0.05, 0.1) is 23.0 Å². The summed E-state index contributed by atoms with van der Waals surface area (Å²) in [4.78, 5) is 7.02. The second kappa shape index (κ2) is 9.19. The number of guanidine groups is 1. The molecule has 29 heavy (non-hydrogen) atoms. The number of nitrogens with zero attached hydrogens (tertiary/aromatic N) is 3. The van der Waals surface area contributed by atoms with Crippen LogP contribution in [0.3, 0.4) is 0 Å². The number of sulfonamides is 1.